The fourth-order valence-electron chi connectivity index (χ4n) is 4.63. The number of aromatic nitrogens is 6. The van der Waals surface area contributed by atoms with Crippen LogP contribution in [0.2, 0.25) is 5.02 Å². The molecule has 0 unspecified atom stereocenters. The molecule has 0 spiro atoms. The number of aromatic amines is 1. The normalized spacial score (nSPS) is 12.3. The predicted octanol–water partition coefficient (Wildman–Crippen LogP) is 4.04. The summed E-state index contributed by atoms with van der Waals surface area (Å²) in [6.45, 7) is 0. The molecule has 50 heavy (non-hydrogen) atoms. The van der Waals surface area contributed by atoms with E-state index in [1.165, 1.54) is 24.3 Å². The van der Waals surface area contributed by atoms with Gasteiger partial charge in [0.1, 0.15) is 31.5 Å². The van der Waals surface area contributed by atoms with Gasteiger partial charge in [-0.25, -0.2) is 4.79 Å². The van der Waals surface area contributed by atoms with E-state index in [0.717, 1.165) is 23.0 Å². The third-order valence-electron chi connectivity index (χ3n) is 6.69. The van der Waals surface area contributed by atoms with E-state index < -0.39 is 87.2 Å². The Morgan fingerprint density at radius 2 is 1.66 bits per heavy atom. The molecule has 256 valence electrons. The van der Waals surface area contributed by atoms with Gasteiger partial charge in [-0.1, -0.05) is 17.7 Å². The first-order valence-corrected chi connectivity index (χ1v) is 16.4. The van der Waals surface area contributed by atoms with Crippen LogP contribution in [0.3, 0.4) is 0 Å². The van der Waals surface area contributed by atoms with Gasteiger partial charge in [0.15, 0.2) is 17.4 Å². The lowest BCUT2D eigenvalue weighted by Gasteiger charge is -2.11. The first-order valence-electron chi connectivity index (χ1n) is 13.1. The second kappa shape index (κ2) is 12.1. The van der Waals surface area contributed by atoms with E-state index in [2.05, 4.69) is 35.7 Å². The summed E-state index contributed by atoms with van der Waals surface area (Å²) in [5.41, 5.74) is -3.72. The quantitative estimate of drug-likeness (QED) is 0.0554. The van der Waals surface area contributed by atoms with Crippen molar-refractivity contribution in [3.8, 4) is 11.6 Å². The fraction of sp³-hybridized carbons (Fsp3) is 0. The van der Waals surface area contributed by atoms with Gasteiger partial charge in [0.05, 0.1) is 11.3 Å². The van der Waals surface area contributed by atoms with Gasteiger partial charge >= 0.3 is 12.0 Å². The first-order chi connectivity index (χ1) is 23.4. The summed E-state index contributed by atoms with van der Waals surface area (Å²) in [6.07, 6.45) is -1.48. The van der Waals surface area contributed by atoms with Crippen molar-refractivity contribution in [2.75, 3.05) is 5.32 Å². The molecule has 0 saturated carbocycles. The minimum Gasteiger partial charge on any atom is -0.494 e. The van der Waals surface area contributed by atoms with E-state index in [-0.39, 0.29) is 33.2 Å². The van der Waals surface area contributed by atoms with E-state index in [9.17, 15) is 54.5 Å². The standard InChI is InChI=1S/C26H14ClF2N9O10S2/c27-19-22(28)32-26(29)33-23(19)30-10-5-9-1-3-14-21(18(9)16(6-10)50(46,47)48)37-38(36-14)11-2-4-13(15(7-11)49(43,44)45)34-35-20-12(25(41)42)8-17(39)31-24(20)40/h1-8H,(H,41,42)(H,30,32,33)(H2,31,39,40)(H,43,44,45)(H,46,47,48). The lowest BCUT2D eigenvalue weighted by atomic mass is 10.1. The van der Waals surface area contributed by atoms with Gasteiger partial charge < -0.3 is 15.5 Å². The van der Waals surface area contributed by atoms with Crippen LogP contribution >= 0.6 is 11.6 Å². The van der Waals surface area contributed by atoms with Crippen LogP contribution in [0, 0.1) is 12.0 Å². The number of aromatic hydroxyl groups is 1. The number of halogens is 3. The summed E-state index contributed by atoms with van der Waals surface area (Å²) < 4.78 is 97.2. The topological polar surface area (TPSA) is 292 Å². The minimum absolute atomic E-state index is 0.0241. The molecule has 6 aromatic rings. The number of carboxylic acids is 1. The number of hydrogen-bond acceptors (Lipinski definition) is 14. The molecule has 0 atom stereocenters. The van der Waals surface area contributed by atoms with Gasteiger partial charge in [0.2, 0.25) is 5.95 Å². The molecule has 3 aromatic heterocycles. The number of nitrogens with one attached hydrogen (secondary N) is 2. The molecule has 19 nitrogen and oxygen atoms in total. The van der Waals surface area contributed by atoms with Crippen LogP contribution in [0.25, 0.3) is 27.5 Å². The molecule has 0 aliphatic rings. The van der Waals surface area contributed by atoms with Gasteiger partial charge in [-0.2, -0.15) is 40.4 Å². The number of hydrogen-bond donors (Lipinski definition) is 6. The predicted molar refractivity (Wildman–Crippen MR) is 166 cm³/mol. The molecule has 0 bridgehead atoms. The van der Waals surface area contributed by atoms with E-state index in [4.69, 9.17) is 11.6 Å². The Labute approximate surface area is 280 Å². The van der Waals surface area contributed by atoms with E-state index in [1.54, 1.807) is 0 Å². The molecule has 6 N–H and O–H groups in total. The fourth-order valence-corrected chi connectivity index (χ4v) is 6.15. The highest BCUT2D eigenvalue weighted by molar-refractivity contribution is 7.86. The minimum atomic E-state index is -5.09. The molecule has 6 rings (SSSR count). The lowest BCUT2D eigenvalue weighted by Crippen LogP contribution is -2.10. The van der Waals surface area contributed by atoms with Crippen molar-refractivity contribution in [1.29, 1.82) is 0 Å². The smallest absolute Gasteiger partial charge is 0.338 e. The van der Waals surface area contributed by atoms with Crippen LogP contribution in [0.1, 0.15) is 10.4 Å². The number of nitrogens with zero attached hydrogens (tertiary/aromatic N) is 7. The maximum Gasteiger partial charge on any atom is 0.338 e. The molecular formula is C26H14ClF2N9O10S2. The summed E-state index contributed by atoms with van der Waals surface area (Å²) in [4.78, 5) is 31.0. The second-order valence-corrected chi connectivity index (χ2v) is 13.1. The highest BCUT2D eigenvalue weighted by Gasteiger charge is 2.24. The number of azo groups is 1. The van der Waals surface area contributed by atoms with E-state index >= 15 is 0 Å². The number of pyridine rings is 1. The Morgan fingerprint density at radius 1 is 0.940 bits per heavy atom. The van der Waals surface area contributed by atoms with Crippen molar-refractivity contribution in [1.82, 2.24) is 29.9 Å². The zero-order valence-corrected chi connectivity index (χ0v) is 26.3. The SMILES string of the molecule is O=C(O)c1cc(O)[nH]c(=O)c1N=Nc1ccc(-n2nc3ccc4cc(Nc5nc(F)nc(F)c5Cl)cc(S(=O)(=O)O)c4c3n2)cc1S(=O)(=O)O. The maximum absolute atomic E-state index is 13.9. The Morgan fingerprint density at radius 3 is 2.34 bits per heavy atom. The van der Waals surface area contributed by atoms with E-state index in [0.29, 0.717) is 6.07 Å². The third kappa shape index (κ3) is 6.40. The number of anilines is 2. The van der Waals surface area contributed by atoms with E-state index in [1.807, 2.05) is 4.98 Å². The summed E-state index contributed by atoms with van der Waals surface area (Å²) in [6, 6.07) is 8.62. The number of H-pyrrole nitrogens is 1. The molecule has 3 aromatic carbocycles. The molecule has 0 fully saturated rings. The maximum atomic E-state index is 13.9. The summed E-state index contributed by atoms with van der Waals surface area (Å²) in [5.74, 6) is -4.41. The van der Waals surface area contributed by atoms with Crippen molar-refractivity contribution in [3.63, 3.8) is 0 Å². The van der Waals surface area contributed by atoms with Gasteiger partial charge in [-0.05, 0) is 41.8 Å². The van der Waals surface area contributed by atoms with Gasteiger partial charge in [0, 0.05) is 17.1 Å². The largest absolute Gasteiger partial charge is 0.494 e. The molecule has 0 aliphatic heterocycles. The summed E-state index contributed by atoms with van der Waals surface area (Å²) in [5, 5.41) is 36.1. The Balaban J connectivity index is 1.47. The highest BCUT2D eigenvalue weighted by Crippen LogP contribution is 2.35. The highest BCUT2D eigenvalue weighted by atomic mass is 35.5. The van der Waals surface area contributed by atoms with Gasteiger partial charge in [-0.3, -0.25) is 18.9 Å². The van der Waals surface area contributed by atoms with Crippen LogP contribution in [0.5, 0.6) is 5.88 Å². The number of carbonyl (C=O) groups is 1. The van der Waals surface area contributed by atoms with Crippen molar-refractivity contribution < 1.29 is 49.7 Å². The number of carboxylic acid groups (broad SMARTS) is 1. The lowest BCUT2D eigenvalue weighted by molar-refractivity contribution is 0.0696. The zero-order valence-electron chi connectivity index (χ0n) is 23.9. The van der Waals surface area contributed by atoms with Crippen LogP contribution in [0.15, 0.2) is 73.3 Å². The molecule has 0 aliphatic carbocycles. The molecule has 3 heterocycles. The second-order valence-electron chi connectivity index (χ2n) is 9.92. The van der Waals surface area contributed by atoms with Crippen molar-refractivity contribution in [2.24, 2.45) is 10.2 Å². The van der Waals surface area contributed by atoms with Crippen molar-refractivity contribution in [2.45, 2.75) is 9.79 Å². The molecule has 24 heteroatoms. The first kappa shape index (κ1) is 33.9. The van der Waals surface area contributed by atoms with Gasteiger partial charge in [-0.15, -0.1) is 20.4 Å². The van der Waals surface area contributed by atoms with Crippen molar-refractivity contribution >= 4 is 82.5 Å². The average molecular weight is 750 g/mol. The number of aromatic carboxylic acids is 1. The molecule has 0 saturated heterocycles. The Hall–Kier alpha value is -6.01. The summed E-state index contributed by atoms with van der Waals surface area (Å²) in [7, 11) is -10.1. The van der Waals surface area contributed by atoms with Gasteiger partial charge in [0.25, 0.3) is 25.8 Å². The molecule has 0 radical (unpaired) electrons. The average Bonchev–Trinajstić information content (AvgIpc) is 3.46. The molecular weight excluding hydrogens is 736 g/mol. The number of fused-ring (bicyclic) bond motifs is 3. The molecule has 0 amide bonds. The van der Waals surface area contributed by atoms with Crippen molar-refractivity contribution in [3.05, 3.63) is 81.5 Å². The third-order valence-corrected chi connectivity index (χ3v) is 8.78. The Kier molecular flexibility index (Phi) is 8.23. The van der Waals surface area contributed by atoms with Crippen LogP contribution in [-0.4, -0.2) is 72.1 Å². The summed E-state index contributed by atoms with van der Waals surface area (Å²) >= 11 is 5.80. The Bertz CT molecular complexity index is 2760. The number of benzene rings is 3. The van der Waals surface area contributed by atoms with Crippen LogP contribution in [0.4, 0.5) is 31.7 Å². The van der Waals surface area contributed by atoms with Crippen LogP contribution < -0.4 is 10.9 Å². The zero-order chi connectivity index (χ0) is 36.3. The monoisotopic (exact) mass is 749 g/mol. The number of rotatable bonds is 8. The van der Waals surface area contributed by atoms with Crippen LogP contribution in [-0.2, 0) is 20.2 Å².